The SMILES string of the molecule is C#C/C=C/NCCCC(C)C. The van der Waals surface area contributed by atoms with Crippen LogP contribution in [-0.2, 0) is 0 Å². The Kier molecular flexibility index (Phi) is 6.62. The van der Waals surface area contributed by atoms with Crippen molar-refractivity contribution in [2.24, 2.45) is 5.92 Å². The van der Waals surface area contributed by atoms with Gasteiger partial charge in [0.2, 0.25) is 0 Å². The molecule has 0 heterocycles. The van der Waals surface area contributed by atoms with Crippen molar-refractivity contribution >= 4 is 0 Å². The average Bonchev–Trinajstić information content (AvgIpc) is 1.96. The molecule has 0 aromatic carbocycles. The van der Waals surface area contributed by atoms with E-state index in [-0.39, 0.29) is 0 Å². The third-order valence-corrected chi connectivity index (χ3v) is 1.40. The van der Waals surface area contributed by atoms with Gasteiger partial charge in [-0.25, -0.2) is 0 Å². The molecule has 11 heavy (non-hydrogen) atoms. The molecule has 0 radical (unpaired) electrons. The van der Waals surface area contributed by atoms with Crippen molar-refractivity contribution in [1.82, 2.24) is 5.32 Å². The van der Waals surface area contributed by atoms with Crippen molar-refractivity contribution in [2.75, 3.05) is 6.54 Å². The first-order chi connectivity index (χ1) is 5.27. The van der Waals surface area contributed by atoms with Gasteiger partial charge in [0.25, 0.3) is 0 Å². The standard InChI is InChI=1S/C10H17N/c1-4-5-8-11-9-6-7-10(2)3/h1,5,8,10-11H,6-7,9H2,2-3H3/b8-5+. The topological polar surface area (TPSA) is 12.0 Å². The number of hydrogen-bond donors (Lipinski definition) is 1. The molecule has 0 amide bonds. The summed E-state index contributed by atoms with van der Waals surface area (Å²) in [7, 11) is 0. The Hall–Kier alpha value is -0.900. The van der Waals surface area contributed by atoms with Gasteiger partial charge < -0.3 is 5.32 Å². The van der Waals surface area contributed by atoms with E-state index in [4.69, 9.17) is 6.42 Å². The lowest BCUT2D eigenvalue weighted by molar-refractivity contribution is 0.547. The summed E-state index contributed by atoms with van der Waals surface area (Å²) in [4.78, 5) is 0. The van der Waals surface area contributed by atoms with Crippen LogP contribution in [0.25, 0.3) is 0 Å². The molecule has 1 heteroatoms. The van der Waals surface area contributed by atoms with Crippen LogP contribution in [-0.4, -0.2) is 6.54 Å². The minimum atomic E-state index is 0.799. The number of nitrogens with one attached hydrogen (secondary N) is 1. The van der Waals surface area contributed by atoms with Crippen molar-refractivity contribution in [3.63, 3.8) is 0 Å². The maximum atomic E-state index is 5.01. The number of allylic oxidation sites excluding steroid dienone is 1. The molecule has 0 atom stereocenters. The first-order valence-electron chi connectivity index (χ1n) is 4.12. The molecule has 0 saturated heterocycles. The fourth-order valence-electron chi connectivity index (χ4n) is 0.803. The minimum absolute atomic E-state index is 0.799. The Morgan fingerprint density at radius 2 is 2.27 bits per heavy atom. The van der Waals surface area contributed by atoms with Crippen LogP contribution < -0.4 is 5.32 Å². The van der Waals surface area contributed by atoms with Crippen LogP contribution in [0.3, 0.4) is 0 Å². The highest BCUT2D eigenvalue weighted by Crippen LogP contribution is 2.01. The molecular weight excluding hydrogens is 134 g/mol. The quantitative estimate of drug-likeness (QED) is 0.469. The van der Waals surface area contributed by atoms with Crippen molar-refractivity contribution in [3.05, 3.63) is 12.3 Å². The van der Waals surface area contributed by atoms with Crippen LogP contribution in [0.1, 0.15) is 26.7 Å². The van der Waals surface area contributed by atoms with Gasteiger partial charge in [-0.05, 0) is 18.8 Å². The monoisotopic (exact) mass is 151 g/mol. The smallest absolute Gasteiger partial charge is 0.0141 e. The molecule has 62 valence electrons. The molecule has 0 aromatic heterocycles. The number of hydrogen-bond acceptors (Lipinski definition) is 1. The Morgan fingerprint density at radius 1 is 1.55 bits per heavy atom. The summed E-state index contributed by atoms with van der Waals surface area (Å²) in [6.07, 6.45) is 11.0. The first kappa shape index (κ1) is 10.1. The summed E-state index contributed by atoms with van der Waals surface area (Å²) >= 11 is 0. The van der Waals surface area contributed by atoms with E-state index in [0.717, 1.165) is 12.5 Å². The normalized spacial score (nSPS) is 10.4. The summed E-state index contributed by atoms with van der Waals surface area (Å²) in [5.41, 5.74) is 0. The van der Waals surface area contributed by atoms with Gasteiger partial charge >= 0.3 is 0 Å². The molecule has 0 aliphatic heterocycles. The van der Waals surface area contributed by atoms with E-state index < -0.39 is 0 Å². The average molecular weight is 151 g/mol. The molecule has 0 spiro atoms. The van der Waals surface area contributed by atoms with Gasteiger partial charge in [0.05, 0.1) is 0 Å². The van der Waals surface area contributed by atoms with Crippen LogP contribution in [0.15, 0.2) is 12.3 Å². The van der Waals surface area contributed by atoms with Crippen LogP contribution in [0, 0.1) is 18.3 Å². The summed E-state index contributed by atoms with van der Waals surface area (Å²) < 4.78 is 0. The second kappa shape index (κ2) is 7.21. The molecule has 0 fully saturated rings. The van der Waals surface area contributed by atoms with Crippen molar-refractivity contribution in [1.29, 1.82) is 0 Å². The van der Waals surface area contributed by atoms with Crippen molar-refractivity contribution in [2.45, 2.75) is 26.7 Å². The molecule has 0 aromatic rings. The number of rotatable bonds is 5. The zero-order valence-electron chi connectivity index (χ0n) is 7.43. The van der Waals surface area contributed by atoms with E-state index in [2.05, 4.69) is 25.1 Å². The highest BCUT2D eigenvalue weighted by molar-refractivity contribution is 5.07. The molecule has 0 aliphatic carbocycles. The second-order valence-corrected chi connectivity index (χ2v) is 2.99. The second-order valence-electron chi connectivity index (χ2n) is 2.99. The third kappa shape index (κ3) is 9.10. The minimum Gasteiger partial charge on any atom is -0.390 e. The largest absolute Gasteiger partial charge is 0.390 e. The molecule has 0 aliphatic rings. The molecule has 0 rings (SSSR count). The Morgan fingerprint density at radius 3 is 2.82 bits per heavy atom. The first-order valence-corrected chi connectivity index (χ1v) is 4.12. The number of terminal acetylenes is 1. The van der Waals surface area contributed by atoms with E-state index in [0.29, 0.717) is 0 Å². The van der Waals surface area contributed by atoms with E-state index in [1.165, 1.54) is 12.8 Å². The van der Waals surface area contributed by atoms with Gasteiger partial charge in [0.1, 0.15) is 0 Å². The molecular formula is C10H17N. The zero-order valence-corrected chi connectivity index (χ0v) is 7.43. The molecule has 0 unspecified atom stereocenters. The maximum absolute atomic E-state index is 5.01. The van der Waals surface area contributed by atoms with Crippen LogP contribution in [0.2, 0.25) is 0 Å². The summed E-state index contributed by atoms with van der Waals surface area (Å²) in [6, 6.07) is 0. The lowest BCUT2D eigenvalue weighted by atomic mass is 10.1. The van der Waals surface area contributed by atoms with Gasteiger partial charge in [-0.1, -0.05) is 19.8 Å². The highest BCUT2D eigenvalue weighted by atomic mass is 14.8. The zero-order chi connectivity index (χ0) is 8.53. The molecule has 0 saturated carbocycles. The van der Waals surface area contributed by atoms with Crippen LogP contribution in [0.5, 0.6) is 0 Å². The fourth-order valence-corrected chi connectivity index (χ4v) is 0.803. The molecule has 0 bridgehead atoms. The van der Waals surface area contributed by atoms with Gasteiger partial charge in [0.15, 0.2) is 0 Å². The third-order valence-electron chi connectivity index (χ3n) is 1.40. The summed E-state index contributed by atoms with van der Waals surface area (Å²) in [6.45, 7) is 5.49. The van der Waals surface area contributed by atoms with E-state index in [1.54, 1.807) is 6.08 Å². The van der Waals surface area contributed by atoms with Gasteiger partial charge in [0, 0.05) is 18.8 Å². The summed E-state index contributed by atoms with van der Waals surface area (Å²) in [5.74, 6) is 3.22. The van der Waals surface area contributed by atoms with Crippen molar-refractivity contribution < 1.29 is 0 Å². The van der Waals surface area contributed by atoms with Gasteiger partial charge in [-0.2, -0.15) is 0 Å². The van der Waals surface area contributed by atoms with Crippen molar-refractivity contribution in [3.8, 4) is 12.3 Å². The van der Waals surface area contributed by atoms with Crippen LogP contribution >= 0.6 is 0 Å². The summed E-state index contributed by atoms with van der Waals surface area (Å²) in [5, 5.41) is 3.12. The Balaban J connectivity index is 3.04. The maximum Gasteiger partial charge on any atom is 0.0141 e. The van der Waals surface area contributed by atoms with Gasteiger partial charge in [-0.15, -0.1) is 6.42 Å². The van der Waals surface area contributed by atoms with E-state index in [1.807, 2.05) is 6.20 Å². The highest BCUT2D eigenvalue weighted by Gasteiger charge is 1.90. The lowest BCUT2D eigenvalue weighted by Gasteiger charge is -2.03. The predicted octanol–water partition coefficient (Wildman–Crippen LogP) is 2.16. The Bertz CT molecular complexity index is 139. The predicted molar refractivity (Wildman–Crippen MR) is 50.0 cm³/mol. The van der Waals surface area contributed by atoms with Gasteiger partial charge in [-0.3, -0.25) is 0 Å². The van der Waals surface area contributed by atoms with E-state index >= 15 is 0 Å². The van der Waals surface area contributed by atoms with E-state index in [9.17, 15) is 0 Å². The molecule has 1 N–H and O–H groups in total. The fraction of sp³-hybridized carbons (Fsp3) is 0.600. The Labute approximate surface area is 69.9 Å². The lowest BCUT2D eigenvalue weighted by Crippen LogP contribution is -2.07. The van der Waals surface area contributed by atoms with Crippen LogP contribution in [0.4, 0.5) is 0 Å². The molecule has 1 nitrogen and oxygen atoms in total.